The van der Waals surface area contributed by atoms with Gasteiger partial charge in [-0.05, 0) is 35.7 Å². The van der Waals surface area contributed by atoms with E-state index in [1.165, 1.54) is 24.2 Å². The molecule has 0 bridgehead atoms. The average molecular weight is 772 g/mol. The van der Waals surface area contributed by atoms with Gasteiger partial charge in [0.15, 0.2) is 11.6 Å². The summed E-state index contributed by atoms with van der Waals surface area (Å²) >= 11 is 0. The number of nitrogens with one attached hydrogen (secondary N) is 1. The van der Waals surface area contributed by atoms with Gasteiger partial charge in [0.25, 0.3) is 11.8 Å². The predicted octanol–water partition coefficient (Wildman–Crippen LogP) is 6.83. The van der Waals surface area contributed by atoms with Gasteiger partial charge in [0.05, 0.1) is 31.4 Å². The van der Waals surface area contributed by atoms with Gasteiger partial charge in [0.1, 0.15) is 23.6 Å². The number of carbonyl (C=O) groups is 2. The highest BCUT2D eigenvalue weighted by atomic mass is 19.4. The van der Waals surface area contributed by atoms with Crippen LogP contribution in [0.15, 0.2) is 60.0 Å². The predicted molar refractivity (Wildman–Crippen MR) is 179 cm³/mol. The van der Waals surface area contributed by atoms with Gasteiger partial charge >= 0.3 is 12.4 Å². The van der Waals surface area contributed by atoms with Crippen LogP contribution in [0.25, 0.3) is 11.1 Å². The maximum Gasteiger partial charge on any atom is 0.433 e. The molecule has 292 valence electrons. The number of anilines is 1. The maximum atomic E-state index is 15.5. The van der Waals surface area contributed by atoms with E-state index in [1.54, 1.807) is 20.8 Å². The SMILES string of the molecule is CN1[C@@H](C(C)(C)C)C(O)=C(C(=O)Nc2ccc(C(F)(F)F)cc2-c2ccc(C(F)(F)F)nc2)C(=O)N1Cc1ccc(OCCN2CCOCC2)c(F)c1F. The van der Waals surface area contributed by atoms with Gasteiger partial charge in [-0.1, -0.05) is 32.9 Å². The Morgan fingerprint density at radius 2 is 1.67 bits per heavy atom. The van der Waals surface area contributed by atoms with Crippen molar-refractivity contribution in [3.63, 3.8) is 0 Å². The molecule has 2 aliphatic rings. The molecule has 0 unspecified atom stereocenters. The molecular weight excluding hydrogens is 734 g/mol. The molecule has 18 heteroatoms. The number of pyridine rings is 1. The van der Waals surface area contributed by atoms with E-state index in [0.29, 0.717) is 57.2 Å². The Bertz CT molecular complexity index is 1910. The van der Waals surface area contributed by atoms with E-state index in [4.69, 9.17) is 9.47 Å². The lowest BCUT2D eigenvalue weighted by molar-refractivity contribution is -0.158. The molecule has 2 amide bonds. The number of alkyl halides is 6. The lowest BCUT2D eigenvalue weighted by Gasteiger charge is -2.46. The molecule has 2 N–H and O–H groups in total. The van der Waals surface area contributed by atoms with E-state index < -0.39 is 82.0 Å². The minimum Gasteiger partial charge on any atom is -0.509 e. The van der Waals surface area contributed by atoms with Gasteiger partial charge in [-0.15, -0.1) is 0 Å². The number of aromatic nitrogens is 1. The zero-order valence-electron chi connectivity index (χ0n) is 29.5. The fourth-order valence-electron chi connectivity index (χ4n) is 6.25. The number of ether oxygens (including phenoxy) is 2. The number of halogens is 8. The summed E-state index contributed by atoms with van der Waals surface area (Å²) < 4.78 is 122. The number of hydrogen-bond acceptors (Lipinski definition) is 8. The normalized spacial score (nSPS) is 18.0. The van der Waals surface area contributed by atoms with Crippen molar-refractivity contribution in [2.45, 2.75) is 45.7 Å². The van der Waals surface area contributed by atoms with Crippen LogP contribution in [-0.4, -0.2) is 89.4 Å². The van der Waals surface area contributed by atoms with Crippen LogP contribution in [0.3, 0.4) is 0 Å². The molecule has 1 atom stereocenters. The lowest BCUT2D eigenvalue weighted by atomic mass is 9.82. The molecule has 2 aliphatic heterocycles. The fraction of sp³-hybridized carbons (Fsp3) is 0.417. The number of morpholine rings is 1. The van der Waals surface area contributed by atoms with Crippen molar-refractivity contribution < 1.29 is 59.3 Å². The summed E-state index contributed by atoms with van der Waals surface area (Å²) in [5.74, 6) is -6.16. The van der Waals surface area contributed by atoms with Gasteiger partial charge < -0.3 is 19.9 Å². The average Bonchev–Trinajstić information content (AvgIpc) is 3.08. The first-order valence-electron chi connectivity index (χ1n) is 16.6. The number of hydrogen-bond donors (Lipinski definition) is 2. The number of amides is 2. The third-order valence-corrected chi connectivity index (χ3v) is 8.94. The molecule has 1 saturated heterocycles. The monoisotopic (exact) mass is 771 g/mol. The third kappa shape index (κ3) is 8.76. The quantitative estimate of drug-likeness (QED) is 0.180. The molecule has 0 spiro atoms. The van der Waals surface area contributed by atoms with Crippen LogP contribution in [0.1, 0.15) is 37.6 Å². The minimum absolute atomic E-state index is 0.0644. The summed E-state index contributed by atoms with van der Waals surface area (Å²) in [7, 11) is 1.39. The van der Waals surface area contributed by atoms with E-state index in [9.17, 15) is 41.0 Å². The Balaban J connectivity index is 1.45. The number of carbonyl (C=O) groups excluding carboxylic acids is 2. The second-order valence-electron chi connectivity index (χ2n) is 13.8. The van der Waals surface area contributed by atoms with Crippen LogP contribution < -0.4 is 10.1 Å². The number of likely N-dealkylation sites (N-methyl/N-ethyl adjacent to an activating group) is 1. The first-order chi connectivity index (χ1) is 25.2. The lowest BCUT2D eigenvalue weighted by Crippen LogP contribution is -2.59. The summed E-state index contributed by atoms with van der Waals surface area (Å²) in [6.07, 6.45) is -9.05. The number of aliphatic hydroxyl groups excluding tert-OH is 1. The summed E-state index contributed by atoms with van der Waals surface area (Å²) in [4.78, 5) is 33.2. The van der Waals surface area contributed by atoms with Crippen molar-refractivity contribution in [3.8, 4) is 16.9 Å². The Hall–Kier alpha value is -4.81. The molecule has 0 saturated carbocycles. The Kier molecular flexibility index (Phi) is 11.6. The van der Waals surface area contributed by atoms with E-state index in [-0.39, 0.29) is 29.2 Å². The number of nitrogens with zero attached hydrogens (tertiary/aromatic N) is 4. The van der Waals surface area contributed by atoms with Crippen molar-refractivity contribution >= 4 is 17.5 Å². The van der Waals surface area contributed by atoms with Crippen LogP contribution in [0, 0.1) is 17.0 Å². The maximum absolute atomic E-state index is 15.5. The van der Waals surface area contributed by atoms with Crippen LogP contribution in [0.5, 0.6) is 5.75 Å². The van der Waals surface area contributed by atoms with Crippen LogP contribution in [0.2, 0.25) is 0 Å². The molecule has 0 aliphatic carbocycles. The second-order valence-corrected chi connectivity index (χ2v) is 13.8. The topological polar surface area (TPSA) is 107 Å². The standard InChI is InChI=1S/C36H37F8N5O5/c1-34(2,3)31-30(50)27(32(51)46-24-8-7-22(35(39,40)41)17-23(24)20-6-10-26(45-18-20)36(42,43)44)33(52)49(47(31)4)19-21-5-9-25(29(38)28(21)37)54-16-13-48-11-14-53-15-12-48/h5-10,17-18,31,50H,11-16,19H2,1-4H3,(H,46,51)/t31-/m1/s1. The third-order valence-electron chi connectivity index (χ3n) is 8.94. The minimum atomic E-state index is -4.89. The van der Waals surface area contributed by atoms with E-state index in [0.717, 1.165) is 17.1 Å². The van der Waals surface area contributed by atoms with Gasteiger partial charge in [0, 0.05) is 55.3 Å². The molecule has 2 aromatic carbocycles. The van der Waals surface area contributed by atoms with Crippen molar-refractivity contribution in [1.82, 2.24) is 19.9 Å². The molecule has 0 radical (unpaired) electrons. The Morgan fingerprint density at radius 3 is 2.26 bits per heavy atom. The zero-order chi connectivity index (χ0) is 39.7. The molecule has 10 nitrogen and oxygen atoms in total. The molecule has 1 fully saturated rings. The number of hydrazine groups is 1. The van der Waals surface area contributed by atoms with E-state index in [2.05, 4.69) is 10.3 Å². The van der Waals surface area contributed by atoms with Gasteiger partial charge in [-0.25, -0.2) is 9.40 Å². The van der Waals surface area contributed by atoms with Crippen molar-refractivity contribution in [2.24, 2.45) is 5.41 Å². The number of benzene rings is 2. The first-order valence-corrected chi connectivity index (χ1v) is 16.6. The molecule has 54 heavy (non-hydrogen) atoms. The highest BCUT2D eigenvalue weighted by molar-refractivity contribution is 6.24. The molecule has 3 aromatic rings. The van der Waals surface area contributed by atoms with Crippen molar-refractivity contribution in [1.29, 1.82) is 0 Å². The van der Waals surface area contributed by atoms with E-state index >= 15 is 8.78 Å². The van der Waals surface area contributed by atoms with Crippen LogP contribution >= 0.6 is 0 Å². The zero-order valence-corrected chi connectivity index (χ0v) is 29.5. The van der Waals surface area contributed by atoms with Crippen LogP contribution in [0.4, 0.5) is 40.8 Å². The van der Waals surface area contributed by atoms with Crippen molar-refractivity contribution in [2.75, 3.05) is 51.8 Å². The second kappa shape index (κ2) is 15.5. The van der Waals surface area contributed by atoms with Crippen LogP contribution in [-0.2, 0) is 33.2 Å². The highest BCUT2D eigenvalue weighted by Crippen LogP contribution is 2.39. The number of aliphatic hydroxyl groups is 1. The van der Waals surface area contributed by atoms with E-state index in [1.807, 2.05) is 4.90 Å². The number of rotatable bonds is 9. The molecule has 5 rings (SSSR count). The first kappa shape index (κ1) is 40.4. The molecule has 3 heterocycles. The van der Waals surface area contributed by atoms with Gasteiger partial charge in [-0.3, -0.25) is 24.5 Å². The largest absolute Gasteiger partial charge is 0.509 e. The Morgan fingerprint density at radius 1 is 0.981 bits per heavy atom. The summed E-state index contributed by atoms with van der Waals surface area (Å²) in [6, 6.07) is 4.75. The fourth-order valence-corrected chi connectivity index (χ4v) is 6.25. The molecule has 1 aromatic heterocycles. The Labute approximate surface area is 304 Å². The highest BCUT2D eigenvalue weighted by Gasteiger charge is 2.46. The summed E-state index contributed by atoms with van der Waals surface area (Å²) in [5.41, 5.74) is -5.57. The smallest absolute Gasteiger partial charge is 0.433 e. The van der Waals surface area contributed by atoms with Gasteiger partial charge in [0.2, 0.25) is 5.82 Å². The summed E-state index contributed by atoms with van der Waals surface area (Å²) in [6.45, 7) is 7.32. The molecular formula is C36H37F8N5O5. The van der Waals surface area contributed by atoms with Crippen molar-refractivity contribution in [3.05, 3.63) is 88.4 Å². The van der Waals surface area contributed by atoms with Gasteiger partial charge in [-0.2, -0.15) is 30.7 Å². The summed E-state index contributed by atoms with van der Waals surface area (Å²) in [5, 5.41) is 15.9.